The number of nitrogens with zero attached hydrogens (tertiary/aromatic N) is 1. The van der Waals surface area contributed by atoms with Gasteiger partial charge in [-0.2, -0.15) is 0 Å². The van der Waals surface area contributed by atoms with E-state index in [0.717, 1.165) is 6.07 Å². The first-order chi connectivity index (χ1) is 8.11. The Labute approximate surface area is 98.0 Å². The summed E-state index contributed by atoms with van der Waals surface area (Å²) in [7, 11) is 0. The van der Waals surface area contributed by atoms with Crippen molar-refractivity contribution in [3.05, 3.63) is 35.4 Å². The molecule has 1 aliphatic heterocycles. The lowest BCUT2D eigenvalue weighted by molar-refractivity contribution is 0.00330. The molecule has 1 amide bonds. The van der Waals surface area contributed by atoms with Crippen molar-refractivity contribution in [2.24, 2.45) is 0 Å². The molecule has 17 heavy (non-hydrogen) atoms. The standard InChI is InChI=1S/C12H13F2NO2/c1-8-7-17-6-5-15(8)12(16)9-3-2-4-10(13)11(9)14/h2-4,8H,5-7H2,1H3. The number of carbonyl (C=O) groups is 1. The fourth-order valence-electron chi connectivity index (χ4n) is 1.85. The van der Waals surface area contributed by atoms with Gasteiger partial charge >= 0.3 is 0 Å². The van der Waals surface area contributed by atoms with Crippen LogP contribution in [0.1, 0.15) is 17.3 Å². The first-order valence-electron chi connectivity index (χ1n) is 5.44. The Kier molecular flexibility index (Phi) is 3.38. The molecule has 0 radical (unpaired) electrons. The van der Waals surface area contributed by atoms with Crippen molar-refractivity contribution in [1.82, 2.24) is 4.90 Å². The molecule has 0 spiro atoms. The van der Waals surface area contributed by atoms with Crippen LogP contribution in [0.3, 0.4) is 0 Å². The maximum Gasteiger partial charge on any atom is 0.257 e. The van der Waals surface area contributed by atoms with E-state index in [1.54, 1.807) is 0 Å². The zero-order chi connectivity index (χ0) is 12.4. The summed E-state index contributed by atoms with van der Waals surface area (Å²) in [6.45, 7) is 3.06. The zero-order valence-electron chi connectivity index (χ0n) is 9.45. The van der Waals surface area contributed by atoms with E-state index in [1.165, 1.54) is 17.0 Å². The lowest BCUT2D eigenvalue weighted by atomic mass is 10.1. The highest BCUT2D eigenvalue weighted by Crippen LogP contribution is 2.16. The Morgan fingerprint density at radius 1 is 1.47 bits per heavy atom. The van der Waals surface area contributed by atoms with E-state index in [4.69, 9.17) is 4.74 Å². The zero-order valence-corrected chi connectivity index (χ0v) is 9.45. The number of carbonyl (C=O) groups excluding carboxylic acids is 1. The smallest absolute Gasteiger partial charge is 0.257 e. The van der Waals surface area contributed by atoms with Gasteiger partial charge in [0.25, 0.3) is 5.91 Å². The molecule has 0 saturated carbocycles. The van der Waals surface area contributed by atoms with Gasteiger partial charge in [-0.25, -0.2) is 8.78 Å². The summed E-state index contributed by atoms with van der Waals surface area (Å²) in [5.41, 5.74) is -0.223. The molecule has 1 aliphatic rings. The topological polar surface area (TPSA) is 29.5 Å². The predicted molar refractivity (Wildman–Crippen MR) is 57.7 cm³/mol. The maximum atomic E-state index is 13.5. The fourth-order valence-corrected chi connectivity index (χ4v) is 1.85. The highest BCUT2D eigenvalue weighted by Gasteiger charge is 2.27. The van der Waals surface area contributed by atoms with Gasteiger partial charge < -0.3 is 9.64 Å². The Balaban J connectivity index is 2.27. The average molecular weight is 241 g/mol. The van der Waals surface area contributed by atoms with Crippen LogP contribution in [0.5, 0.6) is 0 Å². The minimum absolute atomic E-state index is 0.126. The van der Waals surface area contributed by atoms with Crippen LogP contribution in [0.25, 0.3) is 0 Å². The van der Waals surface area contributed by atoms with E-state index in [2.05, 4.69) is 0 Å². The van der Waals surface area contributed by atoms with Gasteiger partial charge in [0.15, 0.2) is 11.6 Å². The fraction of sp³-hybridized carbons (Fsp3) is 0.417. The molecule has 1 aromatic carbocycles. The van der Waals surface area contributed by atoms with Crippen molar-refractivity contribution >= 4 is 5.91 Å². The molecular weight excluding hydrogens is 228 g/mol. The normalized spacial score (nSPS) is 20.4. The van der Waals surface area contributed by atoms with E-state index >= 15 is 0 Å². The highest BCUT2D eigenvalue weighted by atomic mass is 19.2. The third kappa shape index (κ3) is 2.29. The SMILES string of the molecule is CC1COCCN1C(=O)c1cccc(F)c1F. The minimum atomic E-state index is -1.09. The lowest BCUT2D eigenvalue weighted by Crippen LogP contribution is -2.47. The van der Waals surface area contributed by atoms with Crippen molar-refractivity contribution in [3.8, 4) is 0 Å². The summed E-state index contributed by atoms with van der Waals surface area (Å²) in [5.74, 6) is -2.58. The van der Waals surface area contributed by atoms with E-state index in [-0.39, 0.29) is 11.6 Å². The maximum absolute atomic E-state index is 13.5. The van der Waals surface area contributed by atoms with Gasteiger partial charge in [-0.05, 0) is 19.1 Å². The van der Waals surface area contributed by atoms with Crippen LogP contribution < -0.4 is 0 Å². The van der Waals surface area contributed by atoms with Gasteiger partial charge in [0.05, 0.1) is 24.8 Å². The van der Waals surface area contributed by atoms with E-state index in [1.807, 2.05) is 6.92 Å². The summed E-state index contributed by atoms with van der Waals surface area (Å²) in [6, 6.07) is 3.49. The third-order valence-corrected chi connectivity index (χ3v) is 2.81. The lowest BCUT2D eigenvalue weighted by Gasteiger charge is -2.33. The first-order valence-corrected chi connectivity index (χ1v) is 5.44. The predicted octanol–water partition coefficient (Wildman–Crippen LogP) is 1.83. The molecule has 5 heteroatoms. The molecule has 0 aliphatic carbocycles. The molecule has 92 valence electrons. The van der Waals surface area contributed by atoms with Crippen molar-refractivity contribution < 1.29 is 18.3 Å². The monoisotopic (exact) mass is 241 g/mol. The van der Waals surface area contributed by atoms with Crippen LogP contribution in [0.15, 0.2) is 18.2 Å². The van der Waals surface area contributed by atoms with Gasteiger partial charge in [0, 0.05) is 6.54 Å². The van der Waals surface area contributed by atoms with Gasteiger partial charge in [0.2, 0.25) is 0 Å². The molecule has 1 fully saturated rings. The third-order valence-electron chi connectivity index (χ3n) is 2.81. The van der Waals surface area contributed by atoms with Gasteiger partial charge in [-0.15, -0.1) is 0 Å². The van der Waals surface area contributed by atoms with Gasteiger partial charge in [-0.3, -0.25) is 4.79 Å². The van der Waals surface area contributed by atoms with Crippen molar-refractivity contribution in [2.75, 3.05) is 19.8 Å². The van der Waals surface area contributed by atoms with Gasteiger partial charge in [-0.1, -0.05) is 6.07 Å². The number of rotatable bonds is 1. The van der Waals surface area contributed by atoms with Crippen LogP contribution in [-0.2, 0) is 4.74 Å². The second-order valence-electron chi connectivity index (χ2n) is 4.02. The Morgan fingerprint density at radius 2 is 2.24 bits per heavy atom. The van der Waals surface area contributed by atoms with E-state index in [0.29, 0.717) is 19.8 Å². The quantitative estimate of drug-likeness (QED) is 0.750. The summed E-state index contributed by atoms with van der Waals surface area (Å²) in [4.78, 5) is 13.5. The number of hydrogen-bond acceptors (Lipinski definition) is 2. The van der Waals surface area contributed by atoms with Crippen molar-refractivity contribution in [3.63, 3.8) is 0 Å². The Hall–Kier alpha value is -1.49. The average Bonchev–Trinajstić information content (AvgIpc) is 2.32. The van der Waals surface area contributed by atoms with Crippen LogP contribution in [0, 0.1) is 11.6 Å². The number of benzene rings is 1. The van der Waals surface area contributed by atoms with Crippen LogP contribution in [0.2, 0.25) is 0 Å². The number of halogens is 2. The number of amides is 1. The number of ether oxygens (including phenoxy) is 1. The van der Waals surface area contributed by atoms with Crippen LogP contribution in [0.4, 0.5) is 8.78 Å². The Bertz CT molecular complexity index is 437. The molecule has 0 aromatic heterocycles. The second kappa shape index (κ2) is 4.79. The first kappa shape index (κ1) is 12.0. The van der Waals surface area contributed by atoms with Crippen molar-refractivity contribution in [2.45, 2.75) is 13.0 Å². The second-order valence-corrected chi connectivity index (χ2v) is 4.02. The summed E-state index contributed by atoms with van der Waals surface area (Å²) in [5, 5.41) is 0. The molecule has 2 rings (SSSR count). The molecule has 0 N–H and O–H groups in total. The van der Waals surface area contributed by atoms with Crippen LogP contribution in [-0.4, -0.2) is 36.6 Å². The number of morpholine rings is 1. The summed E-state index contributed by atoms with van der Waals surface area (Å²) >= 11 is 0. The molecule has 1 heterocycles. The van der Waals surface area contributed by atoms with Crippen LogP contribution >= 0.6 is 0 Å². The molecule has 1 atom stereocenters. The van der Waals surface area contributed by atoms with Gasteiger partial charge in [0.1, 0.15) is 0 Å². The minimum Gasteiger partial charge on any atom is -0.377 e. The molecule has 3 nitrogen and oxygen atoms in total. The Morgan fingerprint density at radius 3 is 2.94 bits per heavy atom. The molecular formula is C12H13F2NO2. The van der Waals surface area contributed by atoms with Crippen molar-refractivity contribution in [1.29, 1.82) is 0 Å². The highest BCUT2D eigenvalue weighted by molar-refractivity contribution is 5.94. The van der Waals surface area contributed by atoms with E-state index < -0.39 is 17.5 Å². The molecule has 1 aromatic rings. The number of hydrogen-bond donors (Lipinski definition) is 0. The molecule has 1 saturated heterocycles. The largest absolute Gasteiger partial charge is 0.377 e. The molecule has 0 bridgehead atoms. The summed E-state index contributed by atoms with van der Waals surface area (Å²) < 4.78 is 31.7. The van der Waals surface area contributed by atoms with E-state index in [9.17, 15) is 13.6 Å². The molecule has 1 unspecified atom stereocenters. The summed E-state index contributed by atoms with van der Waals surface area (Å²) in [6.07, 6.45) is 0.